The normalized spacial score (nSPS) is 24.7. The molecule has 1 aliphatic heterocycles. The van der Waals surface area contributed by atoms with Crippen molar-refractivity contribution < 1.29 is 14.7 Å². The Hall–Kier alpha value is -1.27. The van der Waals surface area contributed by atoms with Gasteiger partial charge in [-0.3, -0.25) is 4.79 Å². The van der Waals surface area contributed by atoms with Crippen molar-refractivity contribution in [1.82, 2.24) is 10.2 Å². The monoisotopic (exact) mass is 342 g/mol. The smallest absolute Gasteiger partial charge is 0.317 e. The topological polar surface area (TPSA) is 69.6 Å². The molecule has 0 bridgehead atoms. The molecule has 1 aromatic heterocycles. The van der Waals surface area contributed by atoms with E-state index in [4.69, 9.17) is 16.7 Å². The number of carbonyl (C=O) groups excluding carboxylic acids is 1. The minimum Gasteiger partial charge on any atom is -0.481 e. The van der Waals surface area contributed by atoms with E-state index in [1.54, 1.807) is 16.2 Å². The lowest BCUT2D eigenvalue weighted by Gasteiger charge is -2.33. The van der Waals surface area contributed by atoms with Gasteiger partial charge in [0.15, 0.2) is 0 Å². The van der Waals surface area contributed by atoms with Gasteiger partial charge in [-0.15, -0.1) is 11.3 Å². The van der Waals surface area contributed by atoms with Crippen molar-refractivity contribution in [2.75, 3.05) is 13.1 Å². The molecule has 1 saturated heterocycles. The predicted octanol–water partition coefficient (Wildman–Crippen LogP) is 3.29. The van der Waals surface area contributed by atoms with Gasteiger partial charge in [0.25, 0.3) is 0 Å². The lowest BCUT2D eigenvalue weighted by molar-refractivity contribution is -0.143. The summed E-state index contributed by atoms with van der Waals surface area (Å²) in [7, 11) is 0. The average Bonchev–Trinajstić information content (AvgIpc) is 2.88. The van der Waals surface area contributed by atoms with E-state index in [-0.39, 0.29) is 12.1 Å². The molecule has 120 valence electrons. The van der Waals surface area contributed by atoms with E-state index in [9.17, 15) is 9.59 Å². The number of fused-ring (bicyclic) bond motifs is 1. The number of thiophene rings is 1. The zero-order chi connectivity index (χ0) is 15.7. The van der Waals surface area contributed by atoms with Gasteiger partial charge < -0.3 is 15.3 Å². The molecule has 0 aromatic carbocycles. The molecule has 7 heteroatoms. The lowest BCUT2D eigenvalue weighted by atomic mass is 9.94. The minimum atomic E-state index is -0.818. The molecule has 5 nitrogen and oxygen atoms in total. The number of likely N-dealkylation sites (tertiary alicyclic amines) is 1. The summed E-state index contributed by atoms with van der Waals surface area (Å²) in [6.45, 7) is 0.921. The van der Waals surface area contributed by atoms with Gasteiger partial charge in [0.1, 0.15) is 0 Å². The van der Waals surface area contributed by atoms with Crippen LogP contribution in [0.2, 0.25) is 4.34 Å². The van der Waals surface area contributed by atoms with Gasteiger partial charge in [0.05, 0.1) is 16.3 Å². The van der Waals surface area contributed by atoms with Gasteiger partial charge in [-0.1, -0.05) is 11.6 Å². The van der Waals surface area contributed by atoms with E-state index in [0.29, 0.717) is 19.5 Å². The van der Waals surface area contributed by atoms with Crippen LogP contribution in [0.5, 0.6) is 0 Å². The van der Waals surface area contributed by atoms with Crippen LogP contribution in [0, 0.1) is 5.92 Å². The molecule has 22 heavy (non-hydrogen) atoms. The molecular weight excluding hydrogens is 324 g/mol. The summed E-state index contributed by atoms with van der Waals surface area (Å²) in [6, 6.07) is 1.78. The van der Waals surface area contributed by atoms with E-state index in [1.807, 2.05) is 6.07 Å². The van der Waals surface area contributed by atoms with Gasteiger partial charge in [-0.25, -0.2) is 4.79 Å². The number of amides is 2. The number of hydrogen-bond donors (Lipinski definition) is 2. The van der Waals surface area contributed by atoms with Gasteiger partial charge in [-0.2, -0.15) is 0 Å². The van der Waals surface area contributed by atoms with Crippen LogP contribution in [0.25, 0.3) is 0 Å². The Labute approximate surface area is 138 Å². The second-order valence-corrected chi connectivity index (χ2v) is 7.71. The first-order chi connectivity index (χ1) is 10.5. The first-order valence-electron chi connectivity index (χ1n) is 7.61. The van der Waals surface area contributed by atoms with Crippen molar-refractivity contribution in [3.8, 4) is 0 Å². The van der Waals surface area contributed by atoms with Crippen LogP contribution in [-0.4, -0.2) is 35.1 Å². The molecule has 2 atom stereocenters. The van der Waals surface area contributed by atoms with Crippen molar-refractivity contribution in [3.05, 3.63) is 20.8 Å². The number of halogens is 1. The largest absolute Gasteiger partial charge is 0.481 e. The maximum Gasteiger partial charge on any atom is 0.317 e. The van der Waals surface area contributed by atoms with E-state index in [2.05, 4.69) is 5.32 Å². The fraction of sp³-hybridized carbons (Fsp3) is 0.600. The standard InChI is InChI=1S/C15H19ClN2O3S/c16-13-7-10-11(4-1-5-12(10)22-13)17-15(21)18-6-2-3-9(8-18)14(19)20/h7,9,11H,1-6,8H2,(H,17,21)(H,19,20). The van der Waals surface area contributed by atoms with Gasteiger partial charge in [0, 0.05) is 18.0 Å². The van der Waals surface area contributed by atoms with E-state index < -0.39 is 11.9 Å². The summed E-state index contributed by atoms with van der Waals surface area (Å²) in [5.74, 6) is -1.26. The summed E-state index contributed by atoms with van der Waals surface area (Å²) in [5.41, 5.74) is 1.13. The number of aryl methyl sites for hydroxylation is 1. The van der Waals surface area contributed by atoms with Crippen LogP contribution in [0.1, 0.15) is 42.2 Å². The van der Waals surface area contributed by atoms with Crippen molar-refractivity contribution in [1.29, 1.82) is 0 Å². The van der Waals surface area contributed by atoms with Crippen molar-refractivity contribution in [3.63, 3.8) is 0 Å². The Morgan fingerprint density at radius 3 is 2.95 bits per heavy atom. The third kappa shape index (κ3) is 3.22. The van der Waals surface area contributed by atoms with Crippen LogP contribution in [0.3, 0.4) is 0 Å². The Bertz CT molecular complexity index is 589. The summed E-state index contributed by atoms with van der Waals surface area (Å²) in [4.78, 5) is 26.4. The molecule has 2 amide bonds. The fourth-order valence-corrected chi connectivity index (χ4v) is 4.66. The van der Waals surface area contributed by atoms with Gasteiger partial charge >= 0.3 is 12.0 Å². The number of aliphatic carboxylic acids is 1. The lowest BCUT2D eigenvalue weighted by Crippen LogP contribution is -2.48. The van der Waals surface area contributed by atoms with Crippen LogP contribution in [0.15, 0.2) is 6.07 Å². The highest BCUT2D eigenvalue weighted by Crippen LogP contribution is 2.37. The number of rotatable bonds is 2. The Morgan fingerprint density at radius 1 is 1.36 bits per heavy atom. The van der Waals surface area contributed by atoms with Crippen molar-refractivity contribution in [2.24, 2.45) is 5.92 Å². The third-order valence-corrected chi connectivity index (χ3v) is 5.78. The molecule has 0 radical (unpaired) electrons. The molecule has 0 saturated carbocycles. The summed E-state index contributed by atoms with van der Waals surface area (Å²) in [6.07, 6.45) is 4.34. The number of piperidine rings is 1. The van der Waals surface area contributed by atoms with E-state index in [0.717, 1.165) is 35.6 Å². The maximum atomic E-state index is 12.4. The van der Waals surface area contributed by atoms with Crippen LogP contribution in [0.4, 0.5) is 4.79 Å². The number of carboxylic acids is 1. The van der Waals surface area contributed by atoms with Crippen molar-refractivity contribution in [2.45, 2.75) is 38.1 Å². The zero-order valence-corrected chi connectivity index (χ0v) is 13.8. The molecule has 2 N–H and O–H groups in total. The van der Waals surface area contributed by atoms with Gasteiger partial charge in [-0.05, 0) is 43.7 Å². The molecule has 2 aliphatic rings. The zero-order valence-electron chi connectivity index (χ0n) is 12.2. The number of hydrogen-bond acceptors (Lipinski definition) is 3. The first kappa shape index (κ1) is 15.6. The molecule has 3 rings (SSSR count). The second-order valence-electron chi connectivity index (χ2n) is 5.95. The second kappa shape index (κ2) is 6.46. The summed E-state index contributed by atoms with van der Waals surface area (Å²) in [5, 5.41) is 12.2. The quantitative estimate of drug-likeness (QED) is 0.866. The fourth-order valence-electron chi connectivity index (χ4n) is 3.27. The maximum absolute atomic E-state index is 12.4. The number of carbonyl (C=O) groups is 2. The summed E-state index contributed by atoms with van der Waals surface area (Å²) >= 11 is 7.67. The molecule has 1 fully saturated rings. The Morgan fingerprint density at radius 2 is 2.18 bits per heavy atom. The van der Waals surface area contributed by atoms with E-state index in [1.165, 1.54) is 4.88 Å². The highest BCUT2D eigenvalue weighted by Gasteiger charge is 2.30. The highest BCUT2D eigenvalue weighted by molar-refractivity contribution is 7.16. The Kier molecular flexibility index (Phi) is 4.59. The minimum absolute atomic E-state index is 0.00907. The average molecular weight is 343 g/mol. The Balaban J connectivity index is 1.66. The number of carboxylic acid groups (broad SMARTS) is 1. The highest BCUT2D eigenvalue weighted by atomic mass is 35.5. The van der Waals surface area contributed by atoms with Gasteiger partial charge in [0.2, 0.25) is 0 Å². The first-order valence-corrected chi connectivity index (χ1v) is 8.80. The molecule has 0 spiro atoms. The van der Waals surface area contributed by atoms with Crippen LogP contribution >= 0.6 is 22.9 Å². The molecule has 1 aromatic rings. The molecule has 1 aliphatic carbocycles. The van der Waals surface area contributed by atoms with Crippen molar-refractivity contribution >= 4 is 34.9 Å². The van der Waals surface area contributed by atoms with E-state index >= 15 is 0 Å². The predicted molar refractivity (Wildman–Crippen MR) is 85.5 cm³/mol. The third-order valence-electron chi connectivity index (χ3n) is 4.44. The van der Waals surface area contributed by atoms with Crippen LogP contribution in [-0.2, 0) is 11.2 Å². The number of nitrogens with zero attached hydrogens (tertiary/aromatic N) is 1. The summed E-state index contributed by atoms with van der Waals surface area (Å²) < 4.78 is 0.759. The molecule has 2 heterocycles. The molecule has 2 unspecified atom stereocenters. The SMILES string of the molecule is O=C(O)C1CCCN(C(=O)NC2CCCc3sc(Cl)cc32)C1. The number of urea groups is 1. The van der Waals surface area contributed by atoms with Crippen LogP contribution < -0.4 is 5.32 Å². The number of nitrogens with one attached hydrogen (secondary N) is 1. The molecular formula is C15H19ClN2O3S.